The van der Waals surface area contributed by atoms with Crippen LogP contribution in [0.3, 0.4) is 0 Å². The summed E-state index contributed by atoms with van der Waals surface area (Å²) >= 11 is 6.41. The Bertz CT molecular complexity index is 1230. The number of nitrogens with zero attached hydrogens (tertiary/aromatic N) is 1. The van der Waals surface area contributed by atoms with Crippen molar-refractivity contribution in [3.05, 3.63) is 76.8 Å². The van der Waals surface area contributed by atoms with E-state index < -0.39 is 0 Å². The predicted octanol–water partition coefficient (Wildman–Crippen LogP) is 6.53. The third kappa shape index (κ3) is 3.89. The Morgan fingerprint density at radius 1 is 1.10 bits per heavy atom. The van der Waals surface area contributed by atoms with Crippen molar-refractivity contribution in [1.82, 2.24) is 4.98 Å². The molecule has 30 heavy (non-hydrogen) atoms. The minimum atomic E-state index is -0.278. The third-order valence-corrected chi connectivity index (χ3v) is 5.21. The van der Waals surface area contributed by atoms with Gasteiger partial charge < -0.3 is 14.5 Å². The van der Waals surface area contributed by atoms with Crippen LogP contribution in [0.1, 0.15) is 35.7 Å². The summed E-state index contributed by atoms with van der Waals surface area (Å²) in [6.07, 6.45) is 0. The molecule has 0 aliphatic heterocycles. The van der Waals surface area contributed by atoms with Crippen LogP contribution >= 0.6 is 11.6 Å². The molecule has 0 aliphatic rings. The summed E-state index contributed by atoms with van der Waals surface area (Å²) in [5.74, 6) is 1.03. The van der Waals surface area contributed by atoms with E-state index in [4.69, 9.17) is 20.8 Å². The van der Waals surface area contributed by atoms with Gasteiger partial charge in [-0.05, 0) is 53.9 Å². The monoisotopic (exact) mass is 420 g/mol. The number of rotatable bonds is 5. The van der Waals surface area contributed by atoms with Gasteiger partial charge in [0, 0.05) is 5.69 Å². The van der Waals surface area contributed by atoms with Gasteiger partial charge in [-0.1, -0.05) is 43.6 Å². The highest BCUT2D eigenvalue weighted by molar-refractivity contribution is 6.33. The van der Waals surface area contributed by atoms with Gasteiger partial charge in [0.15, 0.2) is 5.58 Å². The SMILES string of the molecule is COc1ccccc1C(=O)Nc1ccc(Cl)c(-c2nc3cc(C(C)C)ccc3o2)c1. The molecule has 1 amide bonds. The average Bonchev–Trinajstić information content (AvgIpc) is 3.18. The Balaban J connectivity index is 1.67. The fraction of sp³-hybridized carbons (Fsp3) is 0.167. The molecule has 0 radical (unpaired) electrons. The number of methoxy groups -OCH3 is 1. The molecule has 0 unspecified atom stereocenters. The number of benzene rings is 3. The first kappa shape index (κ1) is 20.0. The Hall–Kier alpha value is -3.31. The van der Waals surface area contributed by atoms with Gasteiger partial charge >= 0.3 is 0 Å². The highest BCUT2D eigenvalue weighted by Gasteiger charge is 2.16. The number of oxazole rings is 1. The molecule has 0 atom stereocenters. The van der Waals surface area contributed by atoms with E-state index in [0.717, 1.165) is 5.52 Å². The molecule has 0 saturated heterocycles. The van der Waals surface area contributed by atoms with Gasteiger partial charge in [0.2, 0.25) is 5.89 Å². The van der Waals surface area contributed by atoms with Crippen LogP contribution in [0.2, 0.25) is 5.02 Å². The summed E-state index contributed by atoms with van der Waals surface area (Å²) < 4.78 is 11.2. The number of aromatic nitrogens is 1. The zero-order valence-corrected chi connectivity index (χ0v) is 17.7. The van der Waals surface area contributed by atoms with Gasteiger partial charge in [-0.3, -0.25) is 4.79 Å². The number of nitrogens with one attached hydrogen (secondary N) is 1. The van der Waals surface area contributed by atoms with Gasteiger partial charge in [-0.15, -0.1) is 0 Å². The fourth-order valence-electron chi connectivity index (χ4n) is 3.22. The highest BCUT2D eigenvalue weighted by Crippen LogP contribution is 2.33. The molecule has 152 valence electrons. The largest absolute Gasteiger partial charge is 0.496 e. The van der Waals surface area contributed by atoms with E-state index in [1.54, 1.807) is 36.4 Å². The number of carbonyl (C=O) groups is 1. The molecule has 0 spiro atoms. The van der Waals surface area contributed by atoms with Crippen molar-refractivity contribution >= 4 is 34.3 Å². The normalized spacial score (nSPS) is 11.1. The first-order valence-electron chi connectivity index (χ1n) is 9.61. The van der Waals surface area contributed by atoms with Crippen LogP contribution in [0.4, 0.5) is 5.69 Å². The van der Waals surface area contributed by atoms with Crippen molar-refractivity contribution in [3.8, 4) is 17.2 Å². The molecule has 1 aromatic heterocycles. The van der Waals surface area contributed by atoms with E-state index in [0.29, 0.717) is 45.0 Å². The van der Waals surface area contributed by atoms with Crippen molar-refractivity contribution in [2.75, 3.05) is 12.4 Å². The molecule has 1 heterocycles. The van der Waals surface area contributed by atoms with E-state index in [1.165, 1.54) is 12.7 Å². The minimum Gasteiger partial charge on any atom is -0.496 e. The van der Waals surface area contributed by atoms with Gasteiger partial charge in [0.25, 0.3) is 5.91 Å². The van der Waals surface area contributed by atoms with E-state index in [9.17, 15) is 4.79 Å². The molecule has 5 nitrogen and oxygen atoms in total. The molecule has 1 N–H and O–H groups in total. The third-order valence-electron chi connectivity index (χ3n) is 4.88. The number of para-hydroxylation sites is 1. The summed E-state index contributed by atoms with van der Waals surface area (Å²) in [4.78, 5) is 17.3. The van der Waals surface area contributed by atoms with Gasteiger partial charge in [0.05, 0.1) is 23.3 Å². The van der Waals surface area contributed by atoms with Crippen molar-refractivity contribution in [1.29, 1.82) is 0 Å². The molecule has 0 bridgehead atoms. The predicted molar refractivity (Wildman–Crippen MR) is 119 cm³/mol. The number of anilines is 1. The van der Waals surface area contributed by atoms with Crippen LogP contribution in [0.5, 0.6) is 5.75 Å². The second-order valence-corrected chi connectivity index (χ2v) is 7.66. The lowest BCUT2D eigenvalue weighted by atomic mass is 10.0. The van der Waals surface area contributed by atoms with Crippen LogP contribution < -0.4 is 10.1 Å². The van der Waals surface area contributed by atoms with E-state index in [1.807, 2.05) is 24.3 Å². The second-order valence-electron chi connectivity index (χ2n) is 7.25. The van der Waals surface area contributed by atoms with Gasteiger partial charge in [0.1, 0.15) is 11.3 Å². The molecule has 4 aromatic rings. The van der Waals surface area contributed by atoms with Crippen LogP contribution in [0.25, 0.3) is 22.6 Å². The lowest BCUT2D eigenvalue weighted by molar-refractivity contribution is 0.102. The summed E-state index contributed by atoms with van der Waals surface area (Å²) in [5.41, 5.74) is 4.28. The lowest BCUT2D eigenvalue weighted by Crippen LogP contribution is -2.13. The van der Waals surface area contributed by atoms with E-state index in [-0.39, 0.29) is 5.91 Å². The van der Waals surface area contributed by atoms with Crippen LogP contribution in [0, 0.1) is 0 Å². The maximum atomic E-state index is 12.7. The topological polar surface area (TPSA) is 64.4 Å². The van der Waals surface area contributed by atoms with Gasteiger partial charge in [-0.25, -0.2) is 4.98 Å². The zero-order valence-electron chi connectivity index (χ0n) is 16.9. The lowest BCUT2D eigenvalue weighted by Gasteiger charge is -2.10. The smallest absolute Gasteiger partial charge is 0.259 e. The number of fused-ring (bicyclic) bond motifs is 1. The quantitative estimate of drug-likeness (QED) is 0.398. The number of amides is 1. The van der Waals surface area contributed by atoms with Crippen LogP contribution in [-0.2, 0) is 0 Å². The standard InChI is InChI=1S/C24H21ClN2O3/c1-14(2)15-8-11-22-20(12-15)27-24(30-22)18-13-16(9-10-19(18)25)26-23(28)17-6-4-5-7-21(17)29-3/h4-14H,1-3H3,(H,26,28). The molecule has 3 aromatic carbocycles. The molecule has 6 heteroatoms. The first-order valence-corrected chi connectivity index (χ1v) is 9.99. The molecular weight excluding hydrogens is 400 g/mol. The molecular formula is C24H21ClN2O3. The summed E-state index contributed by atoms with van der Waals surface area (Å²) in [5, 5.41) is 3.37. The number of carbonyl (C=O) groups excluding carboxylic acids is 1. The number of ether oxygens (including phenoxy) is 1. The summed E-state index contributed by atoms with van der Waals surface area (Å²) in [6.45, 7) is 4.26. The maximum absolute atomic E-state index is 12.7. The number of halogens is 1. The Morgan fingerprint density at radius 2 is 1.90 bits per heavy atom. The van der Waals surface area contributed by atoms with E-state index in [2.05, 4.69) is 24.1 Å². The van der Waals surface area contributed by atoms with E-state index >= 15 is 0 Å². The molecule has 0 aliphatic carbocycles. The Kier molecular flexibility index (Phi) is 5.46. The Labute approximate surface area is 179 Å². The molecule has 4 rings (SSSR count). The fourth-order valence-corrected chi connectivity index (χ4v) is 3.41. The summed E-state index contributed by atoms with van der Waals surface area (Å²) in [7, 11) is 1.53. The van der Waals surface area contributed by atoms with Crippen LogP contribution in [0.15, 0.2) is 65.1 Å². The van der Waals surface area contributed by atoms with Crippen LogP contribution in [-0.4, -0.2) is 18.0 Å². The summed E-state index contributed by atoms with van der Waals surface area (Å²) in [6, 6.07) is 18.2. The first-order chi connectivity index (χ1) is 14.5. The number of hydrogen-bond donors (Lipinski definition) is 1. The van der Waals surface area contributed by atoms with Crippen molar-refractivity contribution < 1.29 is 13.9 Å². The highest BCUT2D eigenvalue weighted by atomic mass is 35.5. The van der Waals surface area contributed by atoms with Gasteiger partial charge in [-0.2, -0.15) is 0 Å². The number of hydrogen-bond acceptors (Lipinski definition) is 4. The maximum Gasteiger partial charge on any atom is 0.259 e. The van der Waals surface area contributed by atoms with Crippen molar-refractivity contribution in [3.63, 3.8) is 0 Å². The van der Waals surface area contributed by atoms with Crippen molar-refractivity contribution in [2.24, 2.45) is 0 Å². The Morgan fingerprint density at radius 3 is 2.67 bits per heavy atom. The molecule has 0 fully saturated rings. The molecule has 0 saturated carbocycles. The zero-order chi connectivity index (χ0) is 21.3. The van der Waals surface area contributed by atoms with Crippen molar-refractivity contribution in [2.45, 2.75) is 19.8 Å². The minimum absolute atomic E-state index is 0.278. The average molecular weight is 421 g/mol. The second kappa shape index (κ2) is 8.20.